The molecule has 622 valence electrons. The van der Waals surface area contributed by atoms with Crippen molar-refractivity contribution >= 4 is 138 Å². The maximum absolute atomic E-state index is 14.3. The Bertz CT molecular complexity index is 3360. The van der Waals surface area contributed by atoms with Crippen molar-refractivity contribution in [1.29, 1.82) is 0 Å². The summed E-state index contributed by atoms with van der Waals surface area (Å²) in [5.41, 5.74) is 50.0. The van der Waals surface area contributed by atoms with Gasteiger partial charge in [0, 0.05) is 44.1 Å². The number of aliphatic hydroxyl groups is 2. The minimum atomic E-state index is -1.91. The number of carboxylic acids is 1. The Morgan fingerprint density at radius 2 is 0.784 bits per heavy atom. The molecule has 1 rings (SSSR count). The molecule has 0 aromatic heterocycles. The molecule has 13 amide bonds. The highest BCUT2D eigenvalue weighted by Crippen LogP contribution is 2.14. The van der Waals surface area contributed by atoms with Crippen molar-refractivity contribution in [2.24, 2.45) is 83.4 Å². The van der Waals surface area contributed by atoms with Crippen LogP contribution in [0.25, 0.3) is 0 Å². The molecule has 1 aromatic carbocycles. The van der Waals surface area contributed by atoms with E-state index in [2.05, 4.69) is 114 Å². The highest BCUT2D eigenvalue weighted by atomic mass is 32.1. The normalized spacial score (nSPS) is 14.6. The van der Waals surface area contributed by atoms with Crippen molar-refractivity contribution in [2.45, 2.75) is 177 Å². The Labute approximate surface area is 652 Å². The van der Waals surface area contributed by atoms with E-state index >= 15 is 0 Å². The van der Waals surface area contributed by atoms with Gasteiger partial charge in [0.15, 0.2) is 23.8 Å². The number of aliphatic imine (C=N–C) groups is 4. The fourth-order valence-corrected chi connectivity index (χ4v) is 10.4. The van der Waals surface area contributed by atoms with Crippen LogP contribution in [-0.2, 0) is 78.3 Å². The summed E-state index contributed by atoms with van der Waals surface area (Å²) in [6.45, 7) is 2.84. The maximum atomic E-state index is 14.3. The van der Waals surface area contributed by atoms with Crippen LogP contribution in [0.15, 0.2) is 50.3 Å². The quantitative estimate of drug-likeness (QED) is 0.00947. The van der Waals surface area contributed by atoms with Gasteiger partial charge >= 0.3 is 5.97 Å². The molecule has 34 N–H and O–H groups in total. The number of aliphatic hydroxyl groups excluding tert-OH is 2. The number of aliphatic carboxylic acids is 1. The molecule has 0 unspecified atom stereocenters. The van der Waals surface area contributed by atoms with E-state index < -0.39 is 206 Å². The van der Waals surface area contributed by atoms with Crippen molar-refractivity contribution in [3.63, 3.8) is 0 Å². The van der Waals surface area contributed by atoms with Crippen LogP contribution in [0.1, 0.15) is 104 Å². The number of aldehydes is 1. The molecular formula is C65H112N26O18S2. The molecule has 0 radical (unpaired) electrons. The first kappa shape index (κ1) is 98.1. The van der Waals surface area contributed by atoms with E-state index in [0.29, 0.717) is 24.7 Å². The molecule has 111 heavy (non-hydrogen) atoms. The number of benzene rings is 1. The van der Waals surface area contributed by atoms with Gasteiger partial charge in [-0.2, -0.15) is 25.3 Å². The van der Waals surface area contributed by atoms with Gasteiger partial charge in [-0.05, 0) is 68.8 Å². The monoisotopic (exact) mass is 1610 g/mol. The number of thiol groups is 2. The molecule has 0 saturated carbocycles. The summed E-state index contributed by atoms with van der Waals surface area (Å²) in [6.07, 6.45) is -0.140. The standard InChI is InChI=1S/C65H112N26O18S2/c1-5-33(3)49(60(108)81-36(28-92)31-110)90-55(103)40(19-13-23-78-65(73)74)84-56(104)42(25-48(97)98)86-61(109)50(34(4)6-2)91-54(102)38(17-11-21-76-63(69)70)82-47(96)27-79-46(95)26-80-52(100)41(24-35-14-8-7-9-15-35)85-59(107)45(32-111)89-58(106)44(30-94)88-57(105)43(29-93)87-53(101)39(18-12-22-77-64(71)72)83-51(99)37(66)16-10-20-75-62(67)68/h7-9,14-15,28,33-34,36-45,49-50,93-94,110-111H,5-6,10-13,16-27,29-32,66H2,1-4H3,(H,79,95)(H,80,100)(H,81,108)(H,82,96)(H,83,99)(H,84,104)(H,85,107)(H,86,109)(H,87,101)(H,88,105)(H,89,106)(H,90,103)(H,91,102)(H,97,98)(H4,67,68,75)(H4,69,70,76)(H4,71,72,77)(H4,73,74,78)/t33-,34-,36+,37-,38-,39-,40-,41-,42-,43-,44-,45-,49-,50-/m0/s1. The lowest BCUT2D eigenvalue weighted by Crippen LogP contribution is -2.61. The topological polar surface area (TPSA) is 757 Å². The number of guanidine groups is 4. The molecule has 0 bridgehead atoms. The van der Waals surface area contributed by atoms with Crippen molar-refractivity contribution in [3.8, 4) is 0 Å². The van der Waals surface area contributed by atoms with Gasteiger partial charge in [-0.15, -0.1) is 0 Å². The minimum absolute atomic E-state index is 0.0231. The fraction of sp³-hybridized carbons (Fsp3) is 0.615. The minimum Gasteiger partial charge on any atom is -0.481 e. The smallest absolute Gasteiger partial charge is 0.305 e. The molecule has 0 spiro atoms. The van der Waals surface area contributed by atoms with E-state index in [-0.39, 0.29) is 114 Å². The number of carbonyl (C=O) groups is 15. The number of carbonyl (C=O) groups excluding carboxylic acids is 14. The molecule has 0 heterocycles. The van der Waals surface area contributed by atoms with Crippen LogP contribution in [0.5, 0.6) is 0 Å². The van der Waals surface area contributed by atoms with Crippen LogP contribution in [0.3, 0.4) is 0 Å². The maximum Gasteiger partial charge on any atom is 0.305 e. The average Bonchev–Trinajstić information content (AvgIpc) is 0.859. The second-order valence-corrected chi connectivity index (χ2v) is 26.2. The molecular weight excluding hydrogens is 1500 g/mol. The third-order valence-electron chi connectivity index (χ3n) is 16.6. The van der Waals surface area contributed by atoms with Gasteiger partial charge in [-0.3, -0.25) is 87.1 Å². The number of hydrogen-bond donors (Lipinski definition) is 27. The van der Waals surface area contributed by atoms with Gasteiger partial charge < -0.3 is 141 Å². The van der Waals surface area contributed by atoms with Crippen LogP contribution in [0, 0.1) is 11.8 Å². The first-order valence-corrected chi connectivity index (χ1v) is 36.7. The first-order valence-electron chi connectivity index (χ1n) is 35.5. The molecule has 0 aliphatic heterocycles. The SMILES string of the molecule is CC[C@H](C)[C@H](NC(=O)[C@H](CCCN=C(N)N)NC(=O)[C@H](CC(=O)O)NC(=O)[C@@H](NC(=O)[C@H](CCCN=C(N)N)NC(=O)CNC(=O)CNC(=O)[C@H](Cc1ccccc1)NC(=O)[C@H](CS)NC(=O)[C@H](CO)NC(=O)[C@H](CO)NC(=O)[C@H](CCCN=C(N)N)NC(=O)[C@@H](N)CCCN=C(N)N)[C@@H](C)CC)C(=O)N[C@H](C=O)CS. The van der Waals surface area contributed by atoms with Gasteiger partial charge in [0.1, 0.15) is 66.7 Å². The average molecular weight is 1610 g/mol. The Balaban J connectivity index is 3.38. The van der Waals surface area contributed by atoms with E-state index in [4.69, 9.17) is 51.6 Å². The van der Waals surface area contributed by atoms with Gasteiger partial charge in [-0.25, -0.2) is 0 Å². The van der Waals surface area contributed by atoms with Crippen molar-refractivity contribution in [2.75, 3.05) is 64.0 Å². The summed E-state index contributed by atoms with van der Waals surface area (Å²) >= 11 is 8.25. The zero-order chi connectivity index (χ0) is 83.9. The Kier molecular flexibility index (Phi) is 47.6. The number of amides is 13. The fourth-order valence-electron chi connectivity index (χ4n) is 9.98. The number of nitrogens with one attached hydrogen (secondary N) is 13. The highest BCUT2D eigenvalue weighted by molar-refractivity contribution is 7.80. The molecule has 0 aliphatic rings. The molecule has 44 nitrogen and oxygen atoms in total. The highest BCUT2D eigenvalue weighted by Gasteiger charge is 2.38. The summed E-state index contributed by atoms with van der Waals surface area (Å²) in [5, 5.41) is 61.7. The second kappa shape index (κ2) is 53.9. The van der Waals surface area contributed by atoms with E-state index in [1.165, 1.54) is 0 Å². The lowest BCUT2D eigenvalue weighted by Gasteiger charge is -2.29. The van der Waals surface area contributed by atoms with Crippen LogP contribution in [-0.4, -0.2) is 265 Å². The summed E-state index contributed by atoms with van der Waals surface area (Å²) in [4.78, 5) is 218. The third kappa shape index (κ3) is 39.9. The van der Waals surface area contributed by atoms with Gasteiger partial charge in [-0.1, -0.05) is 70.9 Å². The molecule has 14 atom stereocenters. The summed E-state index contributed by atoms with van der Waals surface area (Å²) in [5.74, 6) is -17.4. The van der Waals surface area contributed by atoms with Crippen LogP contribution in [0.2, 0.25) is 0 Å². The molecule has 0 aliphatic carbocycles. The zero-order valence-corrected chi connectivity index (χ0v) is 64.2. The van der Waals surface area contributed by atoms with E-state index in [1.807, 2.05) is 0 Å². The van der Waals surface area contributed by atoms with Crippen molar-refractivity contribution < 1.29 is 87.2 Å². The Morgan fingerprint density at radius 1 is 0.423 bits per heavy atom. The number of nitrogens with zero attached hydrogens (tertiary/aromatic N) is 4. The number of carboxylic acid groups (broad SMARTS) is 1. The van der Waals surface area contributed by atoms with Crippen LogP contribution >= 0.6 is 25.3 Å². The largest absolute Gasteiger partial charge is 0.481 e. The molecule has 0 saturated heterocycles. The number of hydrogen-bond acceptors (Lipinski definition) is 24. The second-order valence-electron chi connectivity index (χ2n) is 25.5. The Morgan fingerprint density at radius 3 is 1.20 bits per heavy atom. The van der Waals surface area contributed by atoms with E-state index in [0.717, 1.165) is 0 Å². The first-order chi connectivity index (χ1) is 52.5. The summed E-state index contributed by atoms with van der Waals surface area (Å²) < 4.78 is 0. The molecule has 0 fully saturated rings. The molecule has 46 heteroatoms. The number of rotatable bonds is 55. The van der Waals surface area contributed by atoms with Crippen LogP contribution in [0.4, 0.5) is 0 Å². The third-order valence-corrected chi connectivity index (χ3v) is 17.3. The predicted molar refractivity (Wildman–Crippen MR) is 414 cm³/mol. The Hall–Kier alpha value is -10.9. The van der Waals surface area contributed by atoms with Gasteiger partial charge in [0.05, 0.1) is 44.8 Å². The van der Waals surface area contributed by atoms with Crippen LogP contribution < -0.4 is 121 Å². The lowest BCUT2D eigenvalue weighted by atomic mass is 9.96. The van der Waals surface area contributed by atoms with Gasteiger partial charge in [0.25, 0.3) is 0 Å². The zero-order valence-electron chi connectivity index (χ0n) is 62.4. The summed E-state index contributed by atoms with van der Waals surface area (Å²) in [7, 11) is 0. The number of nitrogens with two attached hydrogens (primary N) is 9. The predicted octanol–water partition coefficient (Wildman–Crippen LogP) is -11.1. The van der Waals surface area contributed by atoms with Crippen molar-refractivity contribution in [1.82, 2.24) is 69.1 Å². The summed E-state index contributed by atoms with van der Waals surface area (Å²) in [6, 6.07) is -9.81. The van der Waals surface area contributed by atoms with E-state index in [9.17, 15) is 87.2 Å². The molecule has 1 aromatic rings. The van der Waals surface area contributed by atoms with E-state index in [1.54, 1.807) is 58.0 Å². The van der Waals surface area contributed by atoms with Gasteiger partial charge in [0.2, 0.25) is 76.8 Å². The van der Waals surface area contributed by atoms with Crippen molar-refractivity contribution in [3.05, 3.63) is 35.9 Å². The lowest BCUT2D eigenvalue weighted by molar-refractivity contribution is -0.142.